The van der Waals surface area contributed by atoms with E-state index in [2.05, 4.69) is 11.4 Å². The number of carbonyl (C=O) groups is 1. The second-order valence-electron chi connectivity index (χ2n) is 5.17. The van der Waals surface area contributed by atoms with Gasteiger partial charge in [0.25, 0.3) is 5.91 Å². The molecule has 1 aromatic carbocycles. The average molecular weight is 246 g/mol. The molecule has 1 aliphatic rings. The largest absolute Gasteiger partial charge is 0.339 e. The van der Waals surface area contributed by atoms with Gasteiger partial charge in [-0.3, -0.25) is 4.79 Å². The predicted octanol–water partition coefficient (Wildman–Crippen LogP) is 2.13. The van der Waals surface area contributed by atoms with Crippen LogP contribution in [0.25, 0.3) is 0 Å². The first-order valence-electron chi connectivity index (χ1n) is 6.65. The van der Waals surface area contributed by atoms with Crippen molar-refractivity contribution in [3.8, 4) is 0 Å². The summed E-state index contributed by atoms with van der Waals surface area (Å²) in [6.45, 7) is 5.76. The first kappa shape index (κ1) is 13.1. The van der Waals surface area contributed by atoms with Gasteiger partial charge in [0, 0.05) is 24.7 Å². The van der Waals surface area contributed by atoms with Crippen molar-refractivity contribution in [2.75, 3.05) is 20.1 Å². The third-order valence-corrected chi connectivity index (χ3v) is 3.81. The van der Waals surface area contributed by atoms with E-state index in [-0.39, 0.29) is 5.91 Å². The lowest BCUT2D eigenvalue weighted by atomic mass is 10.0. The van der Waals surface area contributed by atoms with E-state index in [1.54, 1.807) is 0 Å². The normalized spacial score (nSPS) is 16.9. The zero-order chi connectivity index (χ0) is 13.1. The fourth-order valence-corrected chi connectivity index (χ4v) is 2.51. The molecule has 1 aromatic rings. The molecule has 98 valence electrons. The number of nitrogens with one attached hydrogen (secondary N) is 1. The molecule has 1 fully saturated rings. The molecular weight excluding hydrogens is 224 g/mol. The Morgan fingerprint density at radius 2 is 1.94 bits per heavy atom. The van der Waals surface area contributed by atoms with E-state index >= 15 is 0 Å². The molecule has 18 heavy (non-hydrogen) atoms. The Bertz CT molecular complexity index is 434. The Kier molecular flexibility index (Phi) is 4.02. The van der Waals surface area contributed by atoms with E-state index in [0.29, 0.717) is 6.04 Å². The van der Waals surface area contributed by atoms with Crippen LogP contribution in [0.15, 0.2) is 18.2 Å². The molecule has 1 saturated heterocycles. The number of likely N-dealkylation sites (tertiary alicyclic amines) is 1. The summed E-state index contributed by atoms with van der Waals surface area (Å²) in [6, 6.07) is 6.65. The summed E-state index contributed by atoms with van der Waals surface area (Å²) >= 11 is 0. The number of hydrogen-bond donors (Lipinski definition) is 1. The fourth-order valence-electron chi connectivity index (χ4n) is 2.51. The molecule has 0 spiro atoms. The highest BCUT2D eigenvalue weighted by Crippen LogP contribution is 2.17. The summed E-state index contributed by atoms with van der Waals surface area (Å²) in [5.41, 5.74) is 3.08. The Balaban J connectivity index is 2.10. The van der Waals surface area contributed by atoms with Crippen molar-refractivity contribution in [2.45, 2.75) is 32.7 Å². The second kappa shape index (κ2) is 5.53. The maximum Gasteiger partial charge on any atom is 0.254 e. The topological polar surface area (TPSA) is 32.3 Å². The zero-order valence-electron chi connectivity index (χ0n) is 11.5. The standard InChI is InChI=1S/C15H22N2O/c1-11-4-5-12(2)14(10-11)15(18)17-8-6-13(16-3)7-9-17/h4-5,10,13,16H,6-9H2,1-3H3. The van der Waals surface area contributed by atoms with Crippen molar-refractivity contribution in [1.29, 1.82) is 0 Å². The lowest BCUT2D eigenvalue weighted by molar-refractivity contribution is 0.0706. The summed E-state index contributed by atoms with van der Waals surface area (Å²) in [5, 5.41) is 3.29. The van der Waals surface area contributed by atoms with Gasteiger partial charge >= 0.3 is 0 Å². The molecule has 1 amide bonds. The monoisotopic (exact) mass is 246 g/mol. The molecule has 1 aliphatic heterocycles. The number of nitrogens with zero attached hydrogens (tertiary/aromatic N) is 1. The van der Waals surface area contributed by atoms with E-state index in [1.165, 1.54) is 0 Å². The summed E-state index contributed by atoms with van der Waals surface area (Å²) in [4.78, 5) is 14.5. The number of rotatable bonds is 2. The van der Waals surface area contributed by atoms with Crippen LogP contribution in [0, 0.1) is 13.8 Å². The molecule has 3 heteroatoms. The summed E-state index contributed by atoms with van der Waals surface area (Å²) in [6.07, 6.45) is 2.10. The van der Waals surface area contributed by atoms with Gasteiger partial charge in [-0.2, -0.15) is 0 Å². The quantitative estimate of drug-likeness (QED) is 0.867. The van der Waals surface area contributed by atoms with Crippen LogP contribution in [-0.2, 0) is 0 Å². The number of piperidine rings is 1. The number of carbonyl (C=O) groups excluding carboxylic acids is 1. The second-order valence-corrected chi connectivity index (χ2v) is 5.17. The van der Waals surface area contributed by atoms with E-state index in [9.17, 15) is 4.79 Å². The van der Waals surface area contributed by atoms with Crippen molar-refractivity contribution in [3.05, 3.63) is 34.9 Å². The van der Waals surface area contributed by atoms with Crippen LogP contribution in [0.4, 0.5) is 0 Å². The van der Waals surface area contributed by atoms with Crippen molar-refractivity contribution in [3.63, 3.8) is 0 Å². The van der Waals surface area contributed by atoms with Gasteiger partial charge in [-0.05, 0) is 45.4 Å². The van der Waals surface area contributed by atoms with Crippen LogP contribution in [-0.4, -0.2) is 37.0 Å². The maximum atomic E-state index is 12.5. The molecule has 0 bridgehead atoms. The molecule has 0 aliphatic carbocycles. The highest BCUT2D eigenvalue weighted by molar-refractivity contribution is 5.95. The fraction of sp³-hybridized carbons (Fsp3) is 0.533. The molecule has 0 atom stereocenters. The van der Waals surface area contributed by atoms with Crippen molar-refractivity contribution in [1.82, 2.24) is 10.2 Å². The van der Waals surface area contributed by atoms with Gasteiger partial charge in [0.05, 0.1) is 0 Å². The minimum atomic E-state index is 0.186. The van der Waals surface area contributed by atoms with E-state index in [1.807, 2.05) is 37.9 Å². The van der Waals surface area contributed by atoms with Gasteiger partial charge in [0.2, 0.25) is 0 Å². The van der Waals surface area contributed by atoms with Gasteiger partial charge in [-0.1, -0.05) is 17.7 Å². The molecule has 1 N–H and O–H groups in total. The summed E-state index contributed by atoms with van der Waals surface area (Å²) in [7, 11) is 1.99. The third-order valence-electron chi connectivity index (χ3n) is 3.81. The Labute approximate surface area is 109 Å². The molecule has 2 rings (SSSR count). The predicted molar refractivity (Wildman–Crippen MR) is 73.9 cm³/mol. The lowest BCUT2D eigenvalue weighted by Crippen LogP contribution is -2.44. The van der Waals surface area contributed by atoms with E-state index in [0.717, 1.165) is 42.6 Å². The highest BCUT2D eigenvalue weighted by atomic mass is 16.2. The molecule has 0 radical (unpaired) electrons. The van der Waals surface area contributed by atoms with E-state index in [4.69, 9.17) is 0 Å². The number of aryl methyl sites for hydroxylation is 2. The molecule has 0 unspecified atom stereocenters. The van der Waals surface area contributed by atoms with Crippen LogP contribution in [0.3, 0.4) is 0 Å². The summed E-state index contributed by atoms with van der Waals surface area (Å²) < 4.78 is 0. The van der Waals surface area contributed by atoms with Crippen LogP contribution in [0.5, 0.6) is 0 Å². The van der Waals surface area contributed by atoms with Crippen molar-refractivity contribution in [2.24, 2.45) is 0 Å². The highest BCUT2D eigenvalue weighted by Gasteiger charge is 2.23. The van der Waals surface area contributed by atoms with Gasteiger partial charge in [0.15, 0.2) is 0 Å². The molecule has 0 saturated carbocycles. The summed E-state index contributed by atoms with van der Waals surface area (Å²) in [5.74, 6) is 0.186. The Hall–Kier alpha value is -1.35. The van der Waals surface area contributed by atoms with Crippen LogP contribution in [0.2, 0.25) is 0 Å². The van der Waals surface area contributed by atoms with Crippen LogP contribution < -0.4 is 5.32 Å². The first-order chi connectivity index (χ1) is 8.61. The maximum absolute atomic E-state index is 12.5. The minimum Gasteiger partial charge on any atom is -0.339 e. The van der Waals surface area contributed by atoms with Crippen molar-refractivity contribution >= 4 is 5.91 Å². The SMILES string of the molecule is CNC1CCN(C(=O)c2cc(C)ccc2C)CC1. The number of benzene rings is 1. The third kappa shape index (κ3) is 2.72. The number of amides is 1. The molecule has 1 heterocycles. The first-order valence-corrected chi connectivity index (χ1v) is 6.65. The Morgan fingerprint density at radius 1 is 1.28 bits per heavy atom. The molecule has 3 nitrogen and oxygen atoms in total. The van der Waals surface area contributed by atoms with Crippen LogP contribution in [0.1, 0.15) is 34.3 Å². The van der Waals surface area contributed by atoms with Gasteiger partial charge in [0.1, 0.15) is 0 Å². The Morgan fingerprint density at radius 3 is 2.56 bits per heavy atom. The number of hydrogen-bond acceptors (Lipinski definition) is 2. The van der Waals surface area contributed by atoms with Gasteiger partial charge < -0.3 is 10.2 Å². The molecular formula is C15H22N2O. The lowest BCUT2D eigenvalue weighted by Gasteiger charge is -2.32. The van der Waals surface area contributed by atoms with Crippen molar-refractivity contribution < 1.29 is 4.79 Å². The smallest absolute Gasteiger partial charge is 0.254 e. The van der Waals surface area contributed by atoms with Crippen LogP contribution >= 0.6 is 0 Å². The minimum absolute atomic E-state index is 0.186. The zero-order valence-corrected chi connectivity index (χ0v) is 11.5. The van der Waals surface area contributed by atoms with E-state index < -0.39 is 0 Å². The van der Waals surface area contributed by atoms with Gasteiger partial charge in [-0.25, -0.2) is 0 Å². The van der Waals surface area contributed by atoms with Gasteiger partial charge in [-0.15, -0.1) is 0 Å². The molecule has 0 aromatic heterocycles. The average Bonchev–Trinajstić information content (AvgIpc) is 2.41.